The molecule has 0 atom stereocenters. The number of hydrogen-bond donors (Lipinski definition) is 1. The largest absolute Gasteiger partial charge is 0.477 e. The van der Waals surface area contributed by atoms with E-state index in [0.29, 0.717) is 10.7 Å². The first-order valence-electron chi connectivity index (χ1n) is 7.93. The second-order valence-electron chi connectivity index (χ2n) is 5.89. The summed E-state index contributed by atoms with van der Waals surface area (Å²) >= 11 is 7.40. The molecule has 27 heavy (non-hydrogen) atoms. The van der Waals surface area contributed by atoms with E-state index in [1.807, 2.05) is 35.7 Å². The van der Waals surface area contributed by atoms with Crippen molar-refractivity contribution in [3.63, 3.8) is 0 Å². The Morgan fingerprint density at radius 2 is 1.96 bits per heavy atom. The maximum atomic E-state index is 12.6. The summed E-state index contributed by atoms with van der Waals surface area (Å²) in [5.41, 5.74) is 1.60. The molecular weight excluding hydrogens is 386 g/mol. The highest BCUT2D eigenvalue weighted by molar-refractivity contribution is 7.12. The van der Waals surface area contributed by atoms with Gasteiger partial charge in [-0.25, -0.2) is 14.8 Å². The first-order chi connectivity index (χ1) is 13.0. The first kappa shape index (κ1) is 17.4. The molecule has 0 fully saturated rings. The van der Waals surface area contributed by atoms with Crippen LogP contribution in [-0.2, 0) is 0 Å². The topological polar surface area (TPSA) is 85.1 Å². The van der Waals surface area contributed by atoms with Gasteiger partial charge in [0.1, 0.15) is 10.7 Å². The van der Waals surface area contributed by atoms with Crippen LogP contribution in [0.5, 0.6) is 0 Å². The van der Waals surface area contributed by atoms with Gasteiger partial charge >= 0.3 is 5.97 Å². The van der Waals surface area contributed by atoms with Crippen LogP contribution in [0.25, 0.3) is 27.4 Å². The number of nitrogens with zero attached hydrogens (tertiary/aromatic N) is 3. The average Bonchev–Trinajstić information content (AvgIpc) is 3.11. The van der Waals surface area contributed by atoms with Gasteiger partial charge in [0.25, 0.3) is 0 Å². The average molecular weight is 398 g/mol. The number of aromatic carboxylic acids is 1. The summed E-state index contributed by atoms with van der Waals surface area (Å²) in [5.74, 6) is -1.30. The fraction of sp³-hybridized carbons (Fsp3) is 0.0526. The molecule has 0 aliphatic heterocycles. The summed E-state index contributed by atoms with van der Waals surface area (Å²) < 4.78 is 1.51. The first-order valence-corrected chi connectivity index (χ1v) is 9.18. The molecule has 1 aromatic carbocycles. The number of hydrogen-bond acceptors (Lipinski definition) is 5. The van der Waals surface area contributed by atoms with Gasteiger partial charge in [0.2, 0.25) is 5.43 Å². The molecule has 134 valence electrons. The molecule has 0 aliphatic carbocycles. The number of rotatable bonds is 3. The summed E-state index contributed by atoms with van der Waals surface area (Å²) in [6.45, 7) is 1.70. The normalized spacial score (nSPS) is 11.0. The molecule has 8 heteroatoms. The van der Waals surface area contributed by atoms with E-state index in [1.165, 1.54) is 22.1 Å². The van der Waals surface area contributed by atoms with Crippen LogP contribution in [0.1, 0.15) is 15.9 Å². The monoisotopic (exact) mass is 397 g/mol. The minimum Gasteiger partial charge on any atom is -0.477 e. The number of fused-ring (bicyclic) bond motifs is 1. The van der Waals surface area contributed by atoms with Crippen LogP contribution >= 0.6 is 22.9 Å². The van der Waals surface area contributed by atoms with Crippen LogP contribution in [0.15, 0.2) is 52.8 Å². The number of aryl methyl sites for hydroxylation is 1. The van der Waals surface area contributed by atoms with E-state index in [-0.39, 0.29) is 21.7 Å². The van der Waals surface area contributed by atoms with Crippen molar-refractivity contribution >= 4 is 39.9 Å². The number of halogens is 1. The van der Waals surface area contributed by atoms with Crippen LogP contribution < -0.4 is 5.43 Å². The third-order valence-electron chi connectivity index (χ3n) is 4.12. The Balaban J connectivity index is 2.02. The fourth-order valence-electron chi connectivity index (χ4n) is 2.87. The van der Waals surface area contributed by atoms with E-state index in [2.05, 4.69) is 9.97 Å². The number of thiazole rings is 1. The van der Waals surface area contributed by atoms with Gasteiger partial charge in [-0.1, -0.05) is 41.9 Å². The molecule has 6 nitrogen and oxygen atoms in total. The summed E-state index contributed by atoms with van der Waals surface area (Å²) in [4.78, 5) is 33.0. The minimum absolute atomic E-state index is 0.218. The summed E-state index contributed by atoms with van der Waals surface area (Å²) in [7, 11) is 0. The maximum Gasteiger partial charge on any atom is 0.341 e. The van der Waals surface area contributed by atoms with Crippen LogP contribution in [0.2, 0.25) is 5.15 Å². The molecule has 4 aromatic rings. The fourth-order valence-corrected chi connectivity index (χ4v) is 3.92. The molecule has 0 spiro atoms. The Morgan fingerprint density at radius 1 is 1.22 bits per heavy atom. The summed E-state index contributed by atoms with van der Waals surface area (Å²) in [6, 6.07) is 11.2. The van der Waals surface area contributed by atoms with Crippen molar-refractivity contribution in [1.82, 2.24) is 14.5 Å². The van der Waals surface area contributed by atoms with Crippen LogP contribution in [-0.4, -0.2) is 25.6 Å². The summed E-state index contributed by atoms with van der Waals surface area (Å²) in [5, 5.41) is 12.2. The third kappa shape index (κ3) is 3.01. The molecule has 3 heterocycles. The Labute approximate surface area is 162 Å². The van der Waals surface area contributed by atoms with Crippen molar-refractivity contribution in [2.75, 3.05) is 0 Å². The van der Waals surface area contributed by atoms with Gasteiger partial charge in [0.15, 0.2) is 10.8 Å². The lowest BCUT2D eigenvalue weighted by molar-refractivity contribution is 0.0695. The van der Waals surface area contributed by atoms with Gasteiger partial charge in [-0.3, -0.25) is 9.36 Å². The smallest absolute Gasteiger partial charge is 0.341 e. The van der Waals surface area contributed by atoms with Gasteiger partial charge in [0, 0.05) is 17.1 Å². The zero-order valence-electron chi connectivity index (χ0n) is 14.0. The molecular formula is C19H12ClN3O3S. The van der Waals surface area contributed by atoms with Gasteiger partial charge in [-0.15, -0.1) is 11.3 Å². The van der Waals surface area contributed by atoms with Crippen molar-refractivity contribution in [1.29, 1.82) is 0 Å². The zero-order chi connectivity index (χ0) is 19.1. The molecule has 0 saturated carbocycles. The Morgan fingerprint density at radius 3 is 2.67 bits per heavy atom. The Hall–Kier alpha value is -3.03. The van der Waals surface area contributed by atoms with E-state index in [9.17, 15) is 14.7 Å². The molecule has 4 rings (SSSR count). The quantitative estimate of drug-likeness (QED) is 0.524. The molecule has 0 unspecified atom stereocenters. The molecule has 0 radical (unpaired) electrons. The number of benzene rings is 1. The van der Waals surface area contributed by atoms with Gasteiger partial charge in [-0.05, 0) is 18.6 Å². The highest BCUT2D eigenvalue weighted by Gasteiger charge is 2.20. The lowest BCUT2D eigenvalue weighted by atomic mass is 10.1. The van der Waals surface area contributed by atoms with E-state index in [0.717, 1.165) is 11.3 Å². The predicted molar refractivity (Wildman–Crippen MR) is 105 cm³/mol. The van der Waals surface area contributed by atoms with E-state index < -0.39 is 11.4 Å². The lowest BCUT2D eigenvalue weighted by Crippen LogP contribution is -2.20. The minimum atomic E-state index is -1.30. The number of aromatic nitrogens is 3. The van der Waals surface area contributed by atoms with Gasteiger partial charge < -0.3 is 5.11 Å². The Bertz CT molecular complexity index is 1250. The van der Waals surface area contributed by atoms with E-state index >= 15 is 0 Å². The molecule has 3 aromatic heterocycles. The van der Waals surface area contributed by atoms with Crippen LogP contribution in [0, 0.1) is 6.92 Å². The number of carboxylic acids is 1. The second-order valence-corrected chi connectivity index (χ2v) is 7.11. The number of pyridine rings is 2. The SMILES string of the molecule is Cc1cc(Cl)nc2c1c(=O)c(C(=O)O)cn2-c1nc(-c2ccccc2)cs1. The van der Waals surface area contributed by atoms with Crippen molar-refractivity contribution in [2.24, 2.45) is 0 Å². The highest BCUT2D eigenvalue weighted by atomic mass is 35.5. The van der Waals surface area contributed by atoms with Gasteiger partial charge in [0.05, 0.1) is 11.1 Å². The van der Waals surface area contributed by atoms with Crippen molar-refractivity contribution in [3.8, 4) is 16.4 Å². The molecule has 1 N–H and O–H groups in total. The lowest BCUT2D eigenvalue weighted by Gasteiger charge is -2.10. The molecule has 0 amide bonds. The summed E-state index contributed by atoms with van der Waals surface area (Å²) in [6.07, 6.45) is 1.25. The van der Waals surface area contributed by atoms with Crippen molar-refractivity contribution in [3.05, 3.63) is 74.5 Å². The van der Waals surface area contributed by atoms with Gasteiger partial charge in [-0.2, -0.15) is 0 Å². The number of carboxylic acid groups (broad SMARTS) is 1. The second kappa shape index (κ2) is 6.61. The molecule has 0 saturated heterocycles. The predicted octanol–water partition coefficient (Wildman–Crippen LogP) is 4.17. The van der Waals surface area contributed by atoms with Crippen molar-refractivity contribution in [2.45, 2.75) is 6.92 Å². The van der Waals surface area contributed by atoms with E-state index in [1.54, 1.807) is 13.0 Å². The Kier molecular flexibility index (Phi) is 4.25. The maximum absolute atomic E-state index is 12.6. The standard InChI is InChI=1S/C19H12ClN3O3S/c1-10-7-14(20)22-17-15(10)16(24)12(18(25)26)8-23(17)19-21-13(9-27-19)11-5-3-2-4-6-11/h2-9H,1H3,(H,25,26). The highest BCUT2D eigenvalue weighted by Crippen LogP contribution is 2.27. The third-order valence-corrected chi connectivity index (χ3v) is 5.16. The molecule has 0 aliphatic rings. The van der Waals surface area contributed by atoms with E-state index in [4.69, 9.17) is 11.6 Å². The zero-order valence-corrected chi connectivity index (χ0v) is 15.6. The van der Waals surface area contributed by atoms with Crippen molar-refractivity contribution < 1.29 is 9.90 Å². The van der Waals surface area contributed by atoms with Crippen LogP contribution in [0.4, 0.5) is 0 Å². The number of carbonyl (C=O) groups is 1. The van der Waals surface area contributed by atoms with Crippen LogP contribution in [0.3, 0.4) is 0 Å². The molecule has 0 bridgehead atoms.